The Kier molecular flexibility index (Phi) is 3.21. The van der Waals surface area contributed by atoms with Crippen LogP contribution in [0.3, 0.4) is 0 Å². The average molecular weight is 234 g/mol. The molecule has 72 valence electrons. The maximum absolute atomic E-state index is 9.73. The Bertz CT molecular complexity index is 262. The summed E-state index contributed by atoms with van der Waals surface area (Å²) < 4.78 is 0. The summed E-state index contributed by atoms with van der Waals surface area (Å²) in [6.07, 6.45) is -1.21. The van der Waals surface area contributed by atoms with Crippen LogP contribution < -0.4 is 0 Å². The lowest BCUT2D eigenvalue weighted by molar-refractivity contribution is 0.0322. The van der Waals surface area contributed by atoms with Crippen LogP contribution in [0.1, 0.15) is 10.8 Å². The van der Waals surface area contributed by atoms with Crippen LogP contribution in [0.15, 0.2) is 16.8 Å². The molecule has 1 saturated heterocycles. The van der Waals surface area contributed by atoms with E-state index in [1.54, 1.807) is 32.9 Å². The second-order valence-electron chi connectivity index (χ2n) is 2.92. The van der Waals surface area contributed by atoms with Crippen LogP contribution in [0.4, 0.5) is 0 Å². The van der Waals surface area contributed by atoms with Crippen LogP contribution in [0.25, 0.3) is 0 Å². The molecular formula is C8H10O2S3. The van der Waals surface area contributed by atoms with Crippen molar-refractivity contribution in [3.63, 3.8) is 0 Å². The molecule has 0 saturated carbocycles. The summed E-state index contributed by atoms with van der Waals surface area (Å²) in [6, 6.07) is 2.00. The molecule has 1 aliphatic heterocycles. The third-order valence-corrected chi connectivity index (χ3v) is 5.50. The number of hydrogen-bond acceptors (Lipinski definition) is 5. The maximum atomic E-state index is 9.73. The summed E-state index contributed by atoms with van der Waals surface area (Å²) in [7, 11) is 3.27. The lowest BCUT2D eigenvalue weighted by Gasteiger charge is -2.30. The lowest BCUT2D eigenvalue weighted by atomic mass is 10.1. The monoisotopic (exact) mass is 234 g/mol. The molecule has 2 nitrogen and oxygen atoms in total. The topological polar surface area (TPSA) is 40.5 Å². The highest BCUT2D eigenvalue weighted by molar-refractivity contribution is 8.76. The molecule has 3 unspecified atom stereocenters. The predicted octanol–water partition coefficient (Wildman–Crippen LogP) is 1.91. The van der Waals surface area contributed by atoms with Crippen molar-refractivity contribution in [1.82, 2.24) is 0 Å². The minimum absolute atomic E-state index is 0.0278. The van der Waals surface area contributed by atoms with E-state index in [0.29, 0.717) is 5.75 Å². The zero-order valence-corrected chi connectivity index (χ0v) is 9.24. The number of aliphatic hydroxyl groups is 2. The predicted molar refractivity (Wildman–Crippen MR) is 59.1 cm³/mol. The minimum atomic E-state index is -0.624. The van der Waals surface area contributed by atoms with E-state index in [1.165, 1.54) is 0 Å². The molecule has 0 aromatic carbocycles. The van der Waals surface area contributed by atoms with Crippen molar-refractivity contribution < 1.29 is 10.2 Å². The van der Waals surface area contributed by atoms with Gasteiger partial charge in [0.2, 0.25) is 0 Å². The molecule has 0 aliphatic carbocycles. The molecular weight excluding hydrogens is 224 g/mol. The van der Waals surface area contributed by atoms with Crippen LogP contribution >= 0.6 is 32.9 Å². The highest BCUT2D eigenvalue weighted by Crippen LogP contribution is 2.46. The standard InChI is InChI=1S/C8H10O2S3/c9-6-4-12-13-8(7(6)10)5-1-2-11-3-5/h1-3,6-10H,4H2. The number of rotatable bonds is 1. The van der Waals surface area contributed by atoms with E-state index < -0.39 is 12.2 Å². The van der Waals surface area contributed by atoms with E-state index in [9.17, 15) is 10.2 Å². The Labute approximate surface area is 88.8 Å². The molecule has 1 aromatic heterocycles. The van der Waals surface area contributed by atoms with Crippen molar-refractivity contribution in [2.24, 2.45) is 0 Å². The van der Waals surface area contributed by atoms with E-state index in [-0.39, 0.29) is 5.25 Å². The summed E-state index contributed by atoms with van der Waals surface area (Å²) >= 11 is 1.62. The fraction of sp³-hybridized carbons (Fsp3) is 0.500. The van der Waals surface area contributed by atoms with E-state index in [2.05, 4.69) is 0 Å². The van der Waals surface area contributed by atoms with Crippen LogP contribution in [-0.4, -0.2) is 28.2 Å². The van der Waals surface area contributed by atoms with Crippen molar-refractivity contribution in [2.75, 3.05) is 5.75 Å². The van der Waals surface area contributed by atoms with Crippen molar-refractivity contribution >= 4 is 32.9 Å². The number of thiophene rings is 1. The van der Waals surface area contributed by atoms with Gasteiger partial charge in [0.25, 0.3) is 0 Å². The van der Waals surface area contributed by atoms with Gasteiger partial charge in [-0.1, -0.05) is 21.6 Å². The minimum Gasteiger partial charge on any atom is -0.389 e. The van der Waals surface area contributed by atoms with Gasteiger partial charge in [0.1, 0.15) is 0 Å². The molecule has 0 spiro atoms. The van der Waals surface area contributed by atoms with Gasteiger partial charge in [-0.2, -0.15) is 11.3 Å². The van der Waals surface area contributed by atoms with Crippen LogP contribution in [0.5, 0.6) is 0 Å². The van der Waals surface area contributed by atoms with Crippen molar-refractivity contribution in [2.45, 2.75) is 17.5 Å². The molecule has 1 aliphatic rings. The van der Waals surface area contributed by atoms with E-state index in [4.69, 9.17) is 0 Å². The van der Waals surface area contributed by atoms with Gasteiger partial charge in [-0.15, -0.1) is 0 Å². The normalized spacial score (nSPS) is 34.8. The first-order valence-electron chi connectivity index (χ1n) is 3.95. The maximum Gasteiger partial charge on any atom is 0.0975 e. The van der Waals surface area contributed by atoms with Crippen LogP contribution in [0, 0.1) is 0 Å². The van der Waals surface area contributed by atoms with E-state index in [1.807, 2.05) is 16.8 Å². The van der Waals surface area contributed by atoms with E-state index in [0.717, 1.165) is 5.56 Å². The van der Waals surface area contributed by atoms with Gasteiger partial charge in [0.05, 0.1) is 17.5 Å². The second-order valence-corrected chi connectivity index (χ2v) is 6.25. The highest BCUT2D eigenvalue weighted by Gasteiger charge is 2.32. The molecule has 5 heteroatoms. The summed E-state index contributed by atoms with van der Waals surface area (Å²) in [6.45, 7) is 0. The first-order chi connectivity index (χ1) is 6.29. The fourth-order valence-electron chi connectivity index (χ4n) is 1.23. The smallest absolute Gasteiger partial charge is 0.0975 e. The molecule has 2 N–H and O–H groups in total. The molecule has 1 aromatic rings. The van der Waals surface area contributed by atoms with Crippen molar-refractivity contribution in [3.8, 4) is 0 Å². The number of aliphatic hydroxyl groups excluding tert-OH is 2. The Hall–Kier alpha value is 0.320. The van der Waals surface area contributed by atoms with Gasteiger partial charge in [-0.25, -0.2) is 0 Å². The molecule has 0 amide bonds. The Morgan fingerprint density at radius 3 is 2.92 bits per heavy atom. The Morgan fingerprint density at radius 2 is 2.23 bits per heavy atom. The van der Waals surface area contributed by atoms with Gasteiger partial charge in [-0.3, -0.25) is 0 Å². The van der Waals surface area contributed by atoms with Gasteiger partial charge in [0.15, 0.2) is 0 Å². The third-order valence-electron chi connectivity index (χ3n) is 1.99. The highest BCUT2D eigenvalue weighted by atomic mass is 33.1. The van der Waals surface area contributed by atoms with Crippen molar-refractivity contribution in [3.05, 3.63) is 22.4 Å². The SMILES string of the molecule is OC1CSSC(c2ccsc2)C1O. The number of hydrogen-bond donors (Lipinski definition) is 2. The zero-order valence-electron chi connectivity index (χ0n) is 6.79. The summed E-state index contributed by atoms with van der Waals surface area (Å²) in [5.74, 6) is 0.618. The first kappa shape index (κ1) is 9.86. The summed E-state index contributed by atoms with van der Waals surface area (Å²) in [4.78, 5) is 0. The van der Waals surface area contributed by atoms with Crippen molar-refractivity contribution in [1.29, 1.82) is 0 Å². The average Bonchev–Trinajstić information content (AvgIpc) is 2.62. The third kappa shape index (κ3) is 2.05. The second kappa shape index (κ2) is 4.23. The largest absolute Gasteiger partial charge is 0.389 e. The Morgan fingerprint density at radius 1 is 1.38 bits per heavy atom. The first-order valence-corrected chi connectivity index (χ1v) is 7.28. The summed E-state index contributed by atoms with van der Waals surface area (Å²) in [5, 5.41) is 23.2. The summed E-state index contributed by atoms with van der Waals surface area (Å²) in [5.41, 5.74) is 1.12. The van der Waals surface area contributed by atoms with Crippen LogP contribution in [-0.2, 0) is 0 Å². The van der Waals surface area contributed by atoms with E-state index >= 15 is 0 Å². The van der Waals surface area contributed by atoms with Gasteiger partial charge >= 0.3 is 0 Å². The van der Waals surface area contributed by atoms with Gasteiger partial charge in [0, 0.05) is 5.75 Å². The quantitative estimate of drug-likeness (QED) is 0.728. The van der Waals surface area contributed by atoms with Gasteiger partial charge < -0.3 is 10.2 Å². The molecule has 0 bridgehead atoms. The van der Waals surface area contributed by atoms with Crippen LogP contribution in [0.2, 0.25) is 0 Å². The zero-order chi connectivity index (χ0) is 9.26. The molecule has 13 heavy (non-hydrogen) atoms. The molecule has 0 radical (unpaired) electrons. The molecule has 1 fully saturated rings. The van der Waals surface area contributed by atoms with Gasteiger partial charge in [-0.05, 0) is 22.4 Å². The molecule has 2 heterocycles. The fourth-order valence-corrected chi connectivity index (χ4v) is 4.90. The molecule has 3 atom stereocenters. The lowest BCUT2D eigenvalue weighted by Crippen LogP contribution is -2.34. The Balaban J connectivity index is 2.14. The molecule has 2 rings (SSSR count).